The number of benzene rings is 3. The average molecular weight is 377 g/mol. The molecule has 0 aliphatic heterocycles. The maximum atomic E-state index is 12.6. The van der Waals surface area contributed by atoms with Crippen molar-refractivity contribution in [1.82, 2.24) is 10.2 Å². The van der Waals surface area contributed by atoms with Gasteiger partial charge in [-0.1, -0.05) is 48.5 Å². The van der Waals surface area contributed by atoms with E-state index in [1.807, 2.05) is 72.6 Å². The van der Waals surface area contributed by atoms with E-state index in [2.05, 4.69) is 11.4 Å². The van der Waals surface area contributed by atoms with E-state index in [4.69, 9.17) is 10.5 Å². The van der Waals surface area contributed by atoms with Gasteiger partial charge in [0, 0.05) is 6.54 Å². The highest BCUT2D eigenvalue weighted by atomic mass is 16.5. The van der Waals surface area contributed by atoms with E-state index in [1.165, 1.54) is 0 Å². The fourth-order valence-electron chi connectivity index (χ4n) is 3.31. The number of nitrogens with zero attached hydrogens (tertiary/aromatic N) is 1. The molecule has 3 aromatic rings. The van der Waals surface area contributed by atoms with Crippen LogP contribution in [0.25, 0.3) is 10.8 Å². The molecule has 0 aliphatic rings. The first-order valence-electron chi connectivity index (χ1n) is 8.90. The van der Waals surface area contributed by atoms with E-state index in [-0.39, 0.29) is 0 Å². The minimum atomic E-state index is -0.862. The number of primary amides is 1. The van der Waals surface area contributed by atoms with Gasteiger partial charge in [0.15, 0.2) is 0 Å². The maximum Gasteiger partial charge on any atom is 0.318 e. The number of hydrogen-bond acceptors (Lipinski definition) is 4. The van der Waals surface area contributed by atoms with Gasteiger partial charge in [0.2, 0.25) is 5.91 Å². The third kappa shape index (κ3) is 4.47. The largest absolute Gasteiger partial charge is 0.497 e. The Kier molecular flexibility index (Phi) is 5.91. The molecule has 0 saturated heterocycles. The van der Waals surface area contributed by atoms with Crippen molar-refractivity contribution in [3.05, 3.63) is 77.9 Å². The molecule has 0 spiro atoms. The van der Waals surface area contributed by atoms with Gasteiger partial charge in [-0.3, -0.25) is 15.0 Å². The average Bonchev–Trinajstić information content (AvgIpc) is 2.68. The van der Waals surface area contributed by atoms with Gasteiger partial charge in [-0.25, -0.2) is 4.79 Å². The quantitative estimate of drug-likeness (QED) is 0.691. The normalized spacial score (nSPS) is 12.0. The number of carbonyl (C=O) groups is 2. The van der Waals surface area contributed by atoms with Gasteiger partial charge in [-0.15, -0.1) is 0 Å². The predicted octanol–water partition coefficient (Wildman–Crippen LogP) is 3.22. The Balaban J connectivity index is 1.86. The van der Waals surface area contributed by atoms with Gasteiger partial charge in [0.25, 0.3) is 0 Å². The summed E-state index contributed by atoms with van der Waals surface area (Å²) in [6.45, 7) is 0.522. The van der Waals surface area contributed by atoms with Crippen LogP contribution in [0.15, 0.2) is 66.7 Å². The first kappa shape index (κ1) is 19.4. The number of rotatable bonds is 6. The van der Waals surface area contributed by atoms with Crippen LogP contribution in [0.5, 0.6) is 5.75 Å². The van der Waals surface area contributed by atoms with Crippen LogP contribution in [-0.2, 0) is 11.3 Å². The van der Waals surface area contributed by atoms with Crippen molar-refractivity contribution >= 4 is 22.7 Å². The summed E-state index contributed by atoms with van der Waals surface area (Å²) in [6, 6.07) is 19.8. The van der Waals surface area contributed by atoms with Crippen molar-refractivity contribution in [1.29, 1.82) is 0 Å². The Labute approximate surface area is 163 Å². The number of nitrogens with two attached hydrogens (primary N) is 1. The number of likely N-dealkylation sites (N-methyl/N-ethyl adjacent to an activating group) is 1. The molecule has 3 rings (SSSR count). The Morgan fingerprint density at radius 1 is 1.04 bits per heavy atom. The second-order valence-electron chi connectivity index (χ2n) is 6.63. The number of amides is 3. The van der Waals surface area contributed by atoms with Crippen LogP contribution in [0.1, 0.15) is 17.2 Å². The summed E-state index contributed by atoms with van der Waals surface area (Å²) in [5, 5.41) is 4.36. The van der Waals surface area contributed by atoms with Crippen LogP contribution in [0.4, 0.5) is 4.79 Å². The Morgan fingerprint density at radius 3 is 2.39 bits per heavy atom. The predicted molar refractivity (Wildman–Crippen MR) is 109 cm³/mol. The van der Waals surface area contributed by atoms with Gasteiger partial charge < -0.3 is 10.5 Å². The molecule has 0 radical (unpaired) electrons. The molecule has 6 nitrogen and oxygen atoms in total. The zero-order chi connectivity index (χ0) is 20.1. The van der Waals surface area contributed by atoms with Gasteiger partial charge in [0.05, 0.1) is 7.11 Å². The fraction of sp³-hybridized carbons (Fsp3) is 0.182. The van der Waals surface area contributed by atoms with Gasteiger partial charge >= 0.3 is 6.03 Å². The van der Waals surface area contributed by atoms with E-state index in [0.717, 1.165) is 27.6 Å². The highest BCUT2D eigenvalue weighted by Crippen LogP contribution is 2.25. The lowest BCUT2D eigenvalue weighted by molar-refractivity contribution is -0.125. The lowest BCUT2D eigenvalue weighted by Gasteiger charge is -2.27. The SMILES string of the molecule is COc1ccc2cc(CN(C)[C@@H](C(=O)NC(N)=O)c3ccccc3)ccc2c1. The molecule has 0 heterocycles. The summed E-state index contributed by atoms with van der Waals surface area (Å²) in [4.78, 5) is 25.7. The number of hydrogen-bond donors (Lipinski definition) is 2. The maximum absolute atomic E-state index is 12.6. The van der Waals surface area contributed by atoms with Crippen molar-refractivity contribution in [2.75, 3.05) is 14.2 Å². The zero-order valence-corrected chi connectivity index (χ0v) is 15.9. The van der Waals surface area contributed by atoms with Crippen molar-refractivity contribution in [2.45, 2.75) is 12.6 Å². The number of urea groups is 1. The number of ether oxygens (including phenoxy) is 1. The molecule has 3 amide bonds. The minimum absolute atomic E-state index is 0.452. The standard InChI is InChI=1S/C22H23N3O3/c1-25(20(21(26)24-22(23)27)16-6-4-3-5-7-16)14-15-8-9-18-13-19(28-2)11-10-17(18)12-15/h3-13,20H,14H2,1-2H3,(H3,23,24,26,27)/t20-/m1/s1. The number of carbonyl (C=O) groups excluding carboxylic acids is 2. The molecule has 0 saturated carbocycles. The topological polar surface area (TPSA) is 84.7 Å². The Morgan fingerprint density at radius 2 is 1.71 bits per heavy atom. The third-order valence-corrected chi connectivity index (χ3v) is 4.59. The molecule has 1 atom stereocenters. The molecule has 3 aromatic carbocycles. The van der Waals surface area contributed by atoms with Crippen LogP contribution in [0, 0.1) is 0 Å². The summed E-state index contributed by atoms with van der Waals surface area (Å²) in [7, 11) is 3.49. The second kappa shape index (κ2) is 8.54. The first-order chi connectivity index (χ1) is 13.5. The van der Waals surface area contributed by atoms with Crippen LogP contribution < -0.4 is 15.8 Å². The molecule has 0 aromatic heterocycles. The molecule has 3 N–H and O–H groups in total. The first-order valence-corrected chi connectivity index (χ1v) is 8.90. The molecule has 0 bridgehead atoms. The highest BCUT2D eigenvalue weighted by molar-refractivity contribution is 5.96. The molecular formula is C22H23N3O3. The summed E-state index contributed by atoms with van der Waals surface area (Å²) >= 11 is 0. The van der Waals surface area contributed by atoms with Crippen molar-refractivity contribution in [3.63, 3.8) is 0 Å². The van der Waals surface area contributed by atoms with E-state index in [0.29, 0.717) is 6.54 Å². The lowest BCUT2D eigenvalue weighted by Crippen LogP contribution is -2.43. The molecule has 144 valence electrons. The Hall–Kier alpha value is -3.38. The number of methoxy groups -OCH3 is 1. The summed E-state index contributed by atoms with van der Waals surface area (Å²) in [5.41, 5.74) is 6.98. The molecule has 0 fully saturated rings. The van der Waals surface area contributed by atoms with Crippen LogP contribution in [0.3, 0.4) is 0 Å². The van der Waals surface area contributed by atoms with Crippen molar-refractivity contribution in [3.8, 4) is 5.75 Å². The number of nitrogens with one attached hydrogen (secondary N) is 1. The molecule has 0 aliphatic carbocycles. The van der Waals surface area contributed by atoms with E-state index in [9.17, 15) is 9.59 Å². The van der Waals surface area contributed by atoms with Gasteiger partial charge in [-0.05, 0) is 47.1 Å². The van der Waals surface area contributed by atoms with E-state index < -0.39 is 18.0 Å². The summed E-state index contributed by atoms with van der Waals surface area (Å²) < 4.78 is 5.27. The van der Waals surface area contributed by atoms with Crippen LogP contribution in [-0.4, -0.2) is 31.0 Å². The number of imide groups is 1. The minimum Gasteiger partial charge on any atom is -0.497 e. The second-order valence-corrected chi connectivity index (χ2v) is 6.63. The Bertz CT molecular complexity index is 989. The fourth-order valence-corrected chi connectivity index (χ4v) is 3.31. The van der Waals surface area contributed by atoms with E-state index >= 15 is 0 Å². The molecule has 6 heteroatoms. The third-order valence-electron chi connectivity index (χ3n) is 4.59. The highest BCUT2D eigenvalue weighted by Gasteiger charge is 2.26. The van der Waals surface area contributed by atoms with Gasteiger partial charge in [-0.2, -0.15) is 0 Å². The number of fused-ring (bicyclic) bond motifs is 1. The van der Waals surface area contributed by atoms with Crippen LogP contribution >= 0.6 is 0 Å². The lowest BCUT2D eigenvalue weighted by atomic mass is 10.0. The molecule has 28 heavy (non-hydrogen) atoms. The summed E-state index contributed by atoms with van der Waals surface area (Å²) in [5.74, 6) is 0.358. The van der Waals surface area contributed by atoms with Gasteiger partial charge in [0.1, 0.15) is 11.8 Å². The summed E-state index contributed by atoms with van der Waals surface area (Å²) in [6.07, 6.45) is 0. The zero-order valence-electron chi connectivity index (χ0n) is 15.9. The smallest absolute Gasteiger partial charge is 0.318 e. The van der Waals surface area contributed by atoms with Crippen molar-refractivity contribution in [2.24, 2.45) is 5.73 Å². The monoisotopic (exact) mass is 377 g/mol. The van der Waals surface area contributed by atoms with Crippen LogP contribution in [0.2, 0.25) is 0 Å². The molecular weight excluding hydrogens is 354 g/mol. The van der Waals surface area contributed by atoms with E-state index in [1.54, 1.807) is 7.11 Å². The van der Waals surface area contributed by atoms with Crippen molar-refractivity contribution < 1.29 is 14.3 Å². The molecule has 0 unspecified atom stereocenters.